The highest BCUT2D eigenvalue weighted by Crippen LogP contribution is 2.22. The van der Waals surface area contributed by atoms with Crippen molar-refractivity contribution < 1.29 is 18.7 Å². The van der Waals surface area contributed by atoms with Crippen LogP contribution in [-0.2, 0) is 46.7 Å². The van der Waals surface area contributed by atoms with Crippen molar-refractivity contribution in [3.63, 3.8) is 0 Å². The molecule has 3 aromatic rings. The number of hydrogen-bond donors (Lipinski definition) is 1. The van der Waals surface area contributed by atoms with Crippen LogP contribution in [0.15, 0.2) is 53.5 Å². The minimum absolute atomic E-state index is 0.0217. The van der Waals surface area contributed by atoms with Crippen LogP contribution in [0.4, 0.5) is 10.1 Å². The zero-order valence-electron chi connectivity index (χ0n) is 19.6. The Kier molecular flexibility index (Phi) is 8.76. The molecular weight excluding hydrogens is 473 g/mol. The van der Waals surface area contributed by atoms with Gasteiger partial charge < -0.3 is 10.5 Å². The number of Topliss-reactive ketones (excluding diaryl/α,β-unsaturated/α-hetero) is 1. The Hall–Kier alpha value is -3.52. The molecule has 35 heavy (non-hydrogen) atoms. The van der Waals surface area contributed by atoms with Crippen molar-refractivity contribution in [2.45, 2.75) is 46.3 Å². The number of benzene rings is 1. The smallest absolute Gasteiger partial charge is 0.310 e. The Labute approximate surface area is 207 Å². The first-order valence-corrected chi connectivity index (χ1v) is 11.5. The summed E-state index contributed by atoms with van der Waals surface area (Å²) in [4.78, 5) is 42.0. The number of aromatic nitrogens is 2. The third-order valence-corrected chi connectivity index (χ3v) is 5.68. The molecule has 0 bridgehead atoms. The van der Waals surface area contributed by atoms with Crippen LogP contribution in [0.3, 0.4) is 0 Å². The first-order chi connectivity index (χ1) is 16.7. The fourth-order valence-electron chi connectivity index (χ4n) is 3.57. The van der Waals surface area contributed by atoms with Crippen LogP contribution in [0.2, 0.25) is 5.15 Å². The van der Waals surface area contributed by atoms with Crippen LogP contribution < -0.4 is 11.3 Å². The second-order valence-electron chi connectivity index (χ2n) is 8.65. The van der Waals surface area contributed by atoms with Crippen LogP contribution in [0.1, 0.15) is 36.2 Å². The molecule has 0 saturated heterocycles. The zero-order valence-corrected chi connectivity index (χ0v) is 20.3. The minimum Gasteiger partial charge on any atom is -0.461 e. The van der Waals surface area contributed by atoms with E-state index in [1.54, 1.807) is 0 Å². The zero-order chi connectivity index (χ0) is 25.5. The summed E-state index contributed by atoms with van der Waals surface area (Å²) in [6.07, 6.45) is 0.997. The lowest BCUT2D eigenvalue weighted by molar-refractivity contribution is -0.144. The Balaban J connectivity index is 1.72. The average Bonchev–Trinajstić information content (AvgIpc) is 2.82. The molecule has 2 aromatic heterocycles. The molecule has 0 spiro atoms. The van der Waals surface area contributed by atoms with Crippen molar-refractivity contribution in [3.8, 4) is 0 Å². The lowest BCUT2D eigenvalue weighted by atomic mass is 10.0. The van der Waals surface area contributed by atoms with Crippen LogP contribution in [-0.4, -0.2) is 21.3 Å². The molecule has 1 aromatic carbocycles. The number of ether oxygens (including phenoxy) is 1. The molecule has 0 atom stereocenters. The number of nitrogens with two attached hydrogens (primary N) is 1. The summed E-state index contributed by atoms with van der Waals surface area (Å²) in [5.41, 5.74) is 7.15. The van der Waals surface area contributed by atoms with Gasteiger partial charge in [0.15, 0.2) is 5.78 Å². The minimum atomic E-state index is -0.684. The number of rotatable bonds is 10. The Morgan fingerprint density at radius 2 is 1.86 bits per heavy atom. The van der Waals surface area contributed by atoms with Gasteiger partial charge in [-0.15, -0.1) is 0 Å². The lowest BCUT2D eigenvalue weighted by Gasteiger charge is -2.14. The molecule has 0 aliphatic carbocycles. The number of nitrogen functional groups attached to an aromatic ring is 1. The summed E-state index contributed by atoms with van der Waals surface area (Å²) in [6.45, 7) is 3.64. The molecular formula is C26H27ClFN3O4. The van der Waals surface area contributed by atoms with Gasteiger partial charge in [0, 0.05) is 17.5 Å². The summed E-state index contributed by atoms with van der Waals surface area (Å²) < 4.78 is 20.7. The van der Waals surface area contributed by atoms with E-state index in [0.717, 1.165) is 16.3 Å². The van der Waals surface area contributed by atoms with E-state index in [-0.39, 0.29) is 47.3 Å². The van der Waals surface area contributed by atoms with E-state index in [1.165, 1.54) is 12.1 Å². The summed E-state index contributed by atoms with van der Waals surface area (Å²) >= 11 is 6.16. The number of esters is 1. The summed E-state index contributed by atoms with van der Waals surface area (Å²) in [7, 11) is 0. The summed E-state index contributed by atoms with van der Waals surface area (Å²) in [5.74, 6) is -1.49. The van der Waals surface area contributed by atoms with Crippen LogP contribution in [0.25, 0.3) is 0 Å². The first kappa shape index (κ1) is 26.1. The van der Waals surface area contributed by atoms with E-state index in [2.05, 4.69) is 4.98 Å². The highest BCUT2D eigenvalue weighted by molar-refractivity contribution is 6.29. The molecule has 0 fully saturated rings. The van der Waals surface area contributed by atoms with Gasteiger partial charge in [-0.1, -0.05) is 55.8 Å². The monoisotopic (exact) mass is 499 g/mol. The average molecular weight is 500 g/mol. The van der Waals surface area contributed by atoms with Gasteiger partial charge in [-0.05, 0) is 30.0 Å². The Bertz CT molecular complexity index is 1280. The number of nitrogens with zero attached hydrogens (tertiary/aromatic N) is 2. The van der Waals surface area contributed by atoms with E-state index < -0.39 is 29.7 Å². The highest BCUT2D eigenvalue weighted by Gasteiger charge is 2.19. The molecule has 0 radical (unpaired) electrons. The van der Waals surface area contributed by atoms with Gasteiger partial charge in [0.25, 0.3) is 5.56 Å². The van der Waals surface area contributed by atoms with Gasteiger partial charge in [0.1, 0.15) is 17.6 Å². The molecule has 0 amide bonds. The Morgan fingerprint density at radius 1 is 1.14 bits per heavy atom. The third-order valence-electron chi connectivity index (χ3n) is 5.35. The van der Waals surface area contributed by atoms with E-state index >= 15 is 0 Å². The molecule has 9 heteroatoms. The van der Waals surface area contributed by atoms with Crippen molar-refractivity contribution in [3.05, 3.63) is 92.4 Å². The van der Waals surface area contributed by atoms with E-state index in [1.807, 2.05) is 44.2 Å². The normalized spacial score (nSPS) is 11.0. The van der Waals surface area contributed by atoms with E-state index in [4.69, 9.17) is 22.1 Å². The van der Waals surface area contributed by atoms with Crippen molar-refractivity contribution in [1.82, 2.24) is 9.55 Å². The molecule has 7 nitrogen and oxygen atoms in total. The van der Waals surface area contributed by atoms with Crippen molar-refractivity contribution >= 4 is 29.0 Å². The lowest BCUT2D eigenvalue weighted by Crippen LogP contribution is -2.29. The number of hydrogen-bond acceptors (Lipinski definition) is 6. The predicted molar refractivity (Wildman–Crippen MR) is 132 cm³/mol. The standard InChI is InChI=1S/C26H27ClFN3O4/c1-16(2)10-22-25(29)20(21(28)13-30-22)12-19(32)14-31-23(27)9-8-18(26(31)34)11-24(33)35-15-17-6-4-3-5-7-17/h3-9,13,16H,10-12,14-15,29H2,1-2H3. The number of carbonyl (C=O) groups is 2. The fourth-order valence-corrected chi connectivity index (χ4v) is 3.77. The molecule has 184 valence electrons. The first-order valence-electron chi connectivity index (χ1n) is 11.2. The predicted octanol–water partition coefficient (Wildman–Crippen LogP) is 3.91. The van der Waals surface area contributed by atoms with Crippen molar-refractivity contribution in [1.29, 1.82) is 0 Å². The second-order valence-corrected chi connectivity index (χ2v) is 9.04. The highest BCUT2D eigenvalue weighted by atomic mass is 35.5. The largest absolute Gasteiger partial charge is 0.461 e. The van der Waals surface area contributed by atoms with Gasteiger partial charge in [-0.3, -0.25) is 23.9 Å². The van der Waals surface area contributed by atoms with Gasteiger partial charge in [0.05, 0.1) is 30.5 Å². The molecule has 0 aliphatic heterocycles. The number of ketones is 1. The number of pyridine rings is 2. The third kappa shape index (κ3) is 6.99. The number of anilines is 1. The van der Waals surface area contributed by atoms with Crippen LogP contribution >= 0.6 is 11.6 Å². The van der Waals surface area contributed by atoms with Gasteiger partial charge in [-0.25, -0.2) is 4.39 Å². The number of halogens is 2. The van der Waals surface area contributed by atoms with Crippen LogP contribution in [0, 0.1) is 11.7 Å². The Morgan fingerprint density at radius 3 is 2.54 bits per heavy atom. The van der Waals surface area contributed by atoms with Gasteiger partial charge >= 0.3 is 5.97 Å². The van der Waals surface area contributed by atoms with Crippen LogP contribution in [0.5, 0.6) is 0 Å². The van der Waals surface area contributed by atoms with Gasteiger partial charge in [0.2, 0.25) is 0 Å². The number of carbonyl (C=O) groups excluding carboxylic acids is 2. The maximum atomic E-state index is 14.4. The topological polar surface area (TPSA) is 104 Å². The second kappa shape index (κ2) is 11.8. The fraction of sp³-hybridized carbons (Fsp3) is 0.308. The summed E-state index contributed by atoms with van der Waals surface area (Å²) in [6, 6.07) is 12.0. The maximum absolute atomic E-state index is 14.4. The molecule has 0 unspecified atom stereocenters. The quantitative estimate of drug-likeness (QED) is 0.335. The van der Waals surface area contributed by atoms with Gasteiger partial charge in [-0.2, -0.15) is 0 Å². The molecule has 2 heterocycles. The van der Waals surface area contributed by atoms with E-state index in [0.29, 0.717) is 12.1 Å². The molecule has 0 aliphatic rings. The van der Waals surface area contributed by atoms with Crippen molar-refractivity contribution in [2.24, 2.45) is 5.92 Å². The molecule has 2 N–H and O–H groups in total. The SMILES string of the molecule is CC(C)Cc1ncc(F)c(CC(=O)Cn2c(Cl)ccc(CC(=O)OCc3ccccc3)c2=O)c1N. The maximum Gasteiger partial charge on any atom is 0.310 e. The molecule has 3 rings (SSSR count). The van der Waals surface area contributed by atoms with Crippen molar-refractivity contribution in [2.75, 3.05) is 5.73 Å². The summed E-state index contributed by atoms with van der Waals surface area (Å²) in [5, 5.41) is 0.0217. The molecule has 0 saturated carbocycles. The van der Waals surface area contributed by atoms with E-state index in [9.17, 15) is 18.8 Å².